The van der Waals surface area contributed by atoms with Gasteiger partial charge in [-0.05, 0) is 37.5 Å². The predicted octanol–water partition coefficient (Wildman–Crippen LogP) is 2.84. The van der Waals surface area contributed by atoms with Gasteiger partial charge in [0.05, 0.1) is 0 Å². The third-order valence-electron chi connectivity index (χ3n) is 3.27. The predicted molar refractivity (Wildman–Crippen MR) is 77.3 cm³/mol. The Kier molecular flexibility index (Phi) is 4.84. The van der Waals surface area contributed by atoms with Gasteiger partial charge in [0.1, 0.15) is 6.54 Å². The first-order chi connectivity index (χ1) is 9.58. The summed E-state index contributed by atoms with van der Waals surface area (Å²) in [6.45, 7) is 0.987. The summed E-state index contributed by atoms with van der Waals surface area (Å²) >= 11 is 5.92. The maximum Gasteiger partial charge on any atom is 0.325 e. The van der Waals surface area contributed by atoms with E-state index in [9.17, 15) is 9.59 Å². The van der Waals surface area contributed by atoms with Gasteiger partial charge in [0.25, 0.3) is 0 Å². The molecule has 20 heavy (non-hydrogen) atoms. The molecule has 1 N–H and O–H groups in total. The number of likely N-dealkylation sites (tertiary alicyclic amines) is 1. The van der Waals surface area contributed by atoms with Crippen LogP contribution >= 0.6 is 11.6 Å². The minimum Gasteiger partial charge on any atom is -0.480 e. The Morgan fingerprint density at radius 2 is 1.95 bits per heavy atom. The number of amides is 2. The normalized spacial score (nSPS) is 14.9. The fourth-order valence-corrected chi connectivity index (χ4v) is 2.49. The van der Waals surface area contributed by atoms with E-state index >= 15 is 0 Å². The molecule has 1 aromatic rings. The number of hydrogen-bond acceptors (Lipinski definition) is 2. The lowest BCUT2D eigenvalue weighted by molar-refractivity contribution is -0.135. The number of carbonyl (C=O) groups is 2. The Balaban J connectivity index is 2.22. The Morgan fingerprint density at radius 3 is 2.55 bits per heavy atom. The number of benzene rings is 1. The first-order valence-corrected chi connectivity index (χ1v) is 6.99. The summed E-state index contributed by atoms with van der Waals surface area (Å²) in [6, 6.07) is 6.42. The molecule has 0 aromatic heterocycles. The second-order valence-corrected chi connectivity index (χ2v) is 5.23. The molecule has 0 bridgehead atoms. The third-order valence-corrected chi connectivity index (χ3v) is 3.51. The van der Waals surface area contributed by atoms with Gasteiger partial charge in [0.2, 0.25) is 0 Å². The van der Waals surface area contributed by atoms with E-state index in [1.165, 1.54) is 4.90 Å². The zero-order valence-electron chi connectivity index (χ0n) is 11.1. The van der Waals surface area contributed by atoms with E-state index in [4.69, 9.17) is 16.7 Å². The molecule has 1 aliphatic rings. The summed E-state index contributed by atoms with van der Waals surface area (Å²) in [6.07, 6.45) is 3.03. The van der Waals surface area contributed by atoms with Crippen molar-refractivity contribution in [1.29, 1.82) is 0 Å². The van der Waals surface area contributed by atoms with Crippen molar-refractivity contribution < 1.29 is 14.7 Å². The van der Waals surface area contributed by atoms with E-state index in [-0.39, 0.29) is 12.6 Å². The Hall–Kier alpha value is -1.75. The van der Waals surface area contributed by atoms with Crippen LogP contribution in [-0.4, -0.2) is 41.6 Å². The van der Waals surface area contributed by atoms with Gasteiger partial charge >= 0.3 is 12.0 Å². The van der Waals surface area contributed by atoms with Crippen molar-refractivity contribution in [1.82, 2.24) is 4.90 Å². The molecule has 1 heterocycles. The summed E-state index contributed by atoms with van der Waals surface area (Å²) < 4.78 is 0. The van der Waals surface area contributed by atoms with E-state index in [1.807, 2.05) is 0 Å². The molecule has 0 atom stereocenters. The molecule has 0 aliphatic carbocycles. The van der Waals surface area contributed by atoms with Crippen LogP contribution in [0.15, 0.2) is 24.3 Å². The number of anilines is 1. The van der Waals surface area contributed by atoms with Gasteiger partial charge < -0.3 is 10.0 Å². The number of hydrogen-bond donors (Lipinski definition) is 1. The third kappa shape index (κ3) is 3.63. The van der Waals surface area contributed by atoms with Gasteiger partial charge in [-0.15, -0.1) is 0 Å². The topological polar surface area (TPSA) is 60.9 Å². The van der Waals surface area contributed by atoms with Crippen LogP contribution in [0.25, 0.3) is 0 Å². The van der Waals surface area contributed by atoms with E-state index in [2.05, 4.69) is 0 Å². The van der Waals surface area contributed by atoms with Crippen molar-refractivity contribution in [3.05, 3.63) is 29.3 Å². The maximum atomic E-state index is 12.5. The van der Waals surface area contributed by atoms with Crippen molar-refractivity contribution in [3.8, 4) is 0 Å². The average molecular weight is 297 g/mol. The lowest BCUT2D eigenvalue weighted by Gasteiger charge is -2.32. The SMILES string of the molecule is O=C(O)CN(C(=O)N1CCCCC1)c1cccc(Cl)c1. The number of rotatable bonds is 3. The van der Waals surface area contributed by atoms with Crippen molar-refractivity contribution in [3.63, 3.8) is 0 Å². The largest absolute Gasteiger partial charge is 0.480 e. The summed E-state index contributed by atoms with van der Waals surface area (Å²) in [5.74, 6) is -1.05. The van der Waals surface area contributed by atoms with Gasteiger partial charge in [0.15, 0.2) is 0 Å². The highest BCUT2D eigenvalue weighted by Crippen LogP contribution is 2.22. The van der Waals surface area contributed by atoms with Crippen LogP contribution in [0.5, 0.6) is 0 Å². The molecule has 6 heteroatoms. The molecule has 2 amide bonds. The molecule has 1 aromatic carbocycles. The van der Waals surface area contributed by atoms with Crippen LogP contribution < -0.4 is 4.90 Å². The number of piperidine rings is 1. The Labute approximate surface area is 122 Å². The molecule has 0 saturated carbocycles. The number of nitrogens with zero attached hydrogens (tertiary/aromatic N) is 2. The summed E-state index contributed by atoms with van der Waals surface area (Å²) in [5.41, 5.74) is 0.510. The fourth-order valence-electron chi connectivity index (χ4n) is 2.30. The fraction of sp³-hybridized carbons (Fsp3) is 0.429. The van der Waals surface area contributed by atoms with Crippen molar-refractivity contribution in [2.45, 2.75) is 19.3 Å². The minimum atomic E-state index is -1.05. The monoisotopic (exact) mass is 296 g/mol. The number of halogens is 1. The molecule has 2 rings (SSSR count). The highest BCUT2D eigenvalue weighted by molar-refractivity contribution is 6.30. The number of carbonyl (C=O) groups excluding carboxylic acids is 1. The molecule has 1 aliphatic heterocycles. The summed E-state index contributed by atoms with van der Waals surface area (Å²) in [5, 5.41) is 9.49. The Bertz CT molecular complexity index is 501. The number of carboxylic acids is 1. The Morgan fingerprint density at radius 1 is 1.25 bits per heavy atom. The zero-order valence-corrected chi connectivity index (χ0v) is 11.8. The quantitative estimate of drug-likeness (QED) is 0.933. The van der Waals surface area contributed by atoms with E-state index < -0.39 is 5.97 Å². The van der Waals surface area contributed by atoms with Gasteiger partial charge in [0, 0.05) is 23.8 Å². The van der Waals surface area contributed by atoms with Gasteiger partial charge in [-0.25, -0.2) is 4.79 Å². The van der Waals surface area contributed by atoms with Gasteiger partial charge in [-0.2, -0.15) is 0 Å². The lowest BCUT2D eigenvalue weighted by Crippen LogP contribution is -2.47. The standard InChI is InChI=1S/C14H17ClN2O3/c15-11-5-4-6-12(9-11)17(10-13(18)19)14(20)16-7-2-1-3-8-16/h4-6,9H,1-3,7-8,10H2,(H,18,19). The van der Waals surface area contributed by atoms with Crippen LogP contribution in [-0.2, 0) is 4.79 Å². The molecule has 0 unspecified atom stereocenters. The van der Waals surface area contributed by atoms with E-state index in [1.54, 1.807) is 29.2 Å². The number of carboxylic acid groups (broad SMARTS) is 1. The molecular formula is C14H17ClN2O3. The molecule has 1 saturated heterocycles. The molecule has 108 valence electrons. The van der Waals surface area contributed by atoms with Crippen molar-refractivity contribution >= 4 is 29.3 Å². The molecular weight excluding hydrogens is 280 g/mol. The zero-order chi connectivity index (χ0) is 14.5. The van der Waals surface area contributed by atoms with Crippen molar-refractivity contribution in [2.75, 3.05) is 24.5 Å². The lowest BCUT2D eigenvalue weighted by atomic mass is 10.1. The molecule has 5 nitrogen and oxygen atoms in total. The van der Waals surface area contributed by atoms with E-state index in [0.29, 0.717) is 23.8 Å². The molecule has 1 fully saturated rings. The van der Waals surface area contributed by atoms with Gasteiger partial charge in [-0.1, -0.05) is 17.7 Å². The van der Waals surface area contributed by atoms with Gasteiger partial charge in [-0.3, -0.25) is 9.69 Å². The maximum absolute atomic E-state index is 12.5. The van der Waals surface area contributed by atoms with Crippen molar-refractivity contribution in [2.24, 2.45) is 0 Å². The second-order valence-electron chi connectivity index (χ2n) is 4.79. The molecule has 0 spiro atoms. The second kappa shape index (κ2) is 6.61. The van der Waals surface area contributed by atoms with Crippen LogP contribution in [0, 0.1) is 0 Å². The summed E-state index contributed by atoms with van der Waals surface area (Å²) in [7, 11) is 0. The smallest absolute Gasteiger partial charge is 0.325 e. The first-order valence-electron chi connectivity index (χ1n) is 6.62. The van der Waals surface area contributed by atoms with Crippen LogP contribution in [0.2, 0.25) is 5.02 Å². The minimum absolute atomic E-state index is 0.269. The highest BCUT2D eigenvalue weighted by atomic mass is 35.5. The van der Waals surface area contributed by atoms with Crippen LogP contribution in [0.1, 0.15) is 19.3 Å². The number of urea groups is 1. The summed E-state index contributed by atoms with van der Waals surface area (Å²) in [4.78, 5) is 26.5. The van der Waals surface area contributed by atoms with Crippen LogP contribution in [0.4, 0.5) is 10.5 Å². The average Bonchev–Trinajstić information content (AvgIpc) is 2.45. The first kappa shape index (κ1) is 14.7. The molecule has 0 radical (unpaired) electrons. The van der Waals surface area contributed by atoms with E-state index in [0.717, 1.165) is 19.3 Å². The number of aliphatic carboxylic acids is 1. The van der Waals surface area contributed by atoms with Crippen LogP contribution in [0.3, 0.4) is 0 Å². The highest BCUT2D eigenvalue weighted by Gasteiger charge is 2.25.